The predicted octanol–water partition coefficient (Wildman–Crippen LogP) is 3.18. The Morgan fingerprint density at radius 3 is 2.26 bits per heavy atom. The minimum absolute atomic E-state index is 0.174. The summed E-state index contributed by atoms with van der Waals surface area (Å²) in [5, 5.41) is 5.34. The van der Waals surface area contributed by atoms with E-state index < -0.39 is 17.7 Å². The lowest BCUT2D eigenvalue weighted by atomic mass is 10.0. The molecule has 0 unspecified atom stereocenters. The lowest BCUT2D eigenvalue weighted by Gasteiger charge is -2.14. The number of anilines is 1. The number of rotatable bonds is 7. The van der Waals surface area contributed by atoms with Crippen molar-refractivity contribution in [2.24, 2.45) is 0 Å². The highest BCUT2D eigenvalue weighted by molar-refractivity contribution is 6.34. The second-order valence-electron chi connectivity index (χ2n) is 7.60. The molecule has 34 heavy (non-hydrogen) atoms. The van der Waals surface area contributed by atoms with Crippen molar-refractivity contribution in [3.8, 4) is 5.75 Å². The van der Waals surface area contributed by atoms with Gasteiger partial charge in [0.1, 0.15) is 5.75 Å². The van der Waals surface area contributed by atoms with E-state index in [0.29, 0.717) is 23.6 Å². The Labute approximate surface area is 196 Å². The molecule has 4 rings (SSSR count). The number of ether oxygens (including phenoxy) is 1. The molecule has 2 N–H and O–H groups in total. The molecule has 0 fully saturated rings. The third-order valence-corrected chi connectivity index (χ3v) is 5.42. The van der Waals surface area contributed by atoms with Gasteiger partial charge in [0, 0.05) is 24.7 Å². The van der Waals surface area contributed by atoms with Crippen molar-refractivity contribution in [2.45, 2.75) is 13.5 Å². The highest BCUT2D eigenvalue weighted by atomic mass is 16.5. The van der Waals surface area contributed by atoms with Gasteiger partial charge in [-0.05, 0) is 67.1 Å². The van der Waals surface area contributed by atoms with Gasteiger partial charge in [0.05, 0.1) is 23.4 Å². The van der Waals surface area contributed by atoms with E-state index in [9.17, 15) is 19.2 Å². The summed E-state index contributed by atoms with van der Waals surface area (Å²) in [4.78, 5) is 51.5. The van der Waals surface area contributed by atoms with Crippen molar-refractivity contribution in [2.75, 3.05) is 18.6 Å². The van der Waals surface area contributed by atoms with E-state index in [2.05, 4.69) is 10.6 Å². The zero-order valence-electron chi connectivity index (χ0n) is 18.8. The quantitative estimate of drug-likeness (QED) is 0.531. The Kier molecular flexibility index (Phi) is 6.40. The fourth-order valence-electron chi connectivity index (χ4n) is 3.73. The monoisotopic (exact) mass is 457 g/mol. The van der Waals surface area contributed by atoms with Crippen LogP contribution in [0, 0.1) is 0 Å². The molecule has 0 aromatic heterocycles. The zero-order valence-corrected chi connectivity index (χ0v) is 18.8. The molecule has 172 valence electrons. The second kappa shape index (κ2) is 9.58. The van der Waals surface area contributed by atoms with E-state index >= 15 is 0 Å². The summed E-state index contributed by atoms with van der Waals surface area (Å²) in [6, 6.07) is 18.0. The second-order valence-corrected chi connectivity index (χ2v) is 7.60. The highest BCUT2D eigenvalue weighted by Crippen LogP contribution is 2.30. The summed E-state index contributed by atoms with van der Waals surface area (Å²) >= 11 is 0. The maximum atomic E-state index is 13.0. The first-order chi connectivity index (χ1) is 16.4. The van der Waals surface area contributed by atoms with Gasteiger partial charge in [-0.2, -0.15) is 0 Å². The van der Waals surface area contributed by atoms with Gasteiger partial charge in [0.25, 0.3) is 23.6 Å². The third-order valence-electron chi connectivity index (χ3n) is 5.42. The summed E-state index contributed by atoms with van der Waals surface area (Å²) in [6.45, 7) is 2.58. The van der Waals surface area contributed by atoms with E-state index in [1.165, 1.54) is 18.2 Å². The Bertz CT molecular complexity index is 1280. The lowest BCUT2D eigenvalue weighted by molar-refractivity contribution is 0.0921. The Balaban J connectivity index is 1.49. The average molecular weight is 457 g/mol. The van der Waals surface area contributed by atoms with Gasteiger partial charge in [-0.15, -0.1) is 0 Å². The number of amides is 4. The average Bonchev–Trinajstić information content (AvgIpc) is 3.12. The summed E-state index contributed by atoms with van der Waals surface area (Å²) < 4.78 is 5.41. The molecule has 1 aliphatic heterocycles. The standard InChI is InChI=1S/C26H23N3O5/c1-3-34-20-10-8-19(9-11-20)29-25(32)21-12-7-18(14-22(21)26(29)33)24(31)28-15-16-5-4-6-17(13-16)23(30)27-2/h4-14H,3,15H2,1-2H3,(H,27,30)(H,28,31). The summed E-state index contributed by atoms with van der Waals surface area (Å²) in [6.07, 6.45) is 0. The van der Waals surface area contributed by atoms with Gasteiger partial charge >= 0.3 is 0 Å². The predicted molar refractivity (Wildman–Crippen MR) is 126 cm³/mol. The van der Waals surface area contributed by atoms with Crippen LogP contribution in [-0.2, 0) is 6.54 Å². The molecule has 0 radical (unpaired) electrons. The van der Waals surface area contributed by atoms with Crippen LogP contribution in [0.1, 0.15) is 53.9 Å². The van der Waals surface area contributed by atoms with Crippen molar-refractivity contribution in [3.05, 3.63) is 94.5 Å². The minimum Gasteiger partial charge on any atom is -0.494 e. The number of nitrogens with zero attached hydrogens (tertiary/aromatic N) is 1. The van der Waals surface area contributed by atoms with Gasteiger partial charge in [0.2, 0.25) is 0 Å². The van der Waals surface area contributed by atoms with Gasteiger partial charge in [-0.25, -0.2) is 4.90 Å². The largest absolute Gasteiger partial charge is 0.494 e. The smallest absolute Gasteiger partial charge is 0.266 e. The van der Waals surface area contributed by atoms with E-state index in [1.807, 2.05) is 6.92 Å². The number of hydrogen-bond acceptors (Lipinski definition) is 5. The lowest BCUT2D eigenvalue weighted by Crippen LogP contribution is -2.29. The number of fused-ring (bicyclic) bond motifs is 1. The molecule has 3 aromatic carbocycles. The molecule has 0 saturated carbocycles. The van der Waals surface area contributed by atoms with Gasteiger partial charge in [0.15, 0.2) is 0 Å². The van der Waals surface area contributed by atoms with Crippen molar-refractivity contribution in [1.29, 1.82) is 0 Å². The molecule has 0 atom stereocenters. The summed E-state index contributed by atoms with van der Waals surface area (Å²) in [7, 11) is 1.55. The van der Waals surface area contributed by atoms with Gasteiger partial charge in [-0.3, -0.25) is 19.2 Å². The fraction of sp³-hybridized carbons (Fsp3) is 0.154. The van der Waals surface area contributed by atoms with E-state index in [0.717, 1.165) is 10.5 Å². The molecule has 0 bridgehead atoms. The molecule has 3 aromatic rings. The molecule has 8 nitrogen and oxygen atoms in total. The number of hydrogen-bond donors (Lipinski definition) is 2. The molecule has 8 heteroatoms. The number of carbonyl (C=O) groups is 4. The number of carbonyl (C=O) groups excluding carboxylic acids is 4. The Morgan fingerprint density at radius 2 is 1.56 bits per heavy atom. The number of benzene rings is 3. The van der Waals surface area contributed by atoms with Gasteiger partial charge < -0.3 is 15.4 Å². The highest BCUT2D eigenvalue weighted by Gasteiger charge is 2.37. The van der Waals surface area contributed by atoms with Gasteiger partial charge in [-0.1, -0.05) is 12.1 Å². The fourth-order valence-corrected chi connectivity index (χ4v) is 3.73. The van der Waals surface area contributed by atoms with Crippen molar-refractivity contribution in [3.63, 3.8) is 0 Å². The third kappa shape index (κ3) is 4.38. The van der Waals surface area contributed by atoms with Crippen LogP contribution in [0.2, 0.25) is 0 Å². The molecule has 0 saturated heterocycles. The Hall–Kier alpha value is -4.46. The first-order valence-electron chi connectivity index (χ1n) is 10.8. The normalized spacial score (nSPS) is 12.4. The first-order valence-corrected chi connectivity index (χ1v) is 10.8. The molecule has 1 aliphatic rings. The molecular weight excluding hydrogens is 434 g/mol. The summed E-state index contributed by atoms with van der Waals surface area (Å²) in [5.74, 6) is -0.901. The van der Waals surface area contributed by atoms with Crippen LogP contribution < -0.4 is 20.3 Å². The van der Waals surface area contributed by atoms with Crippen molar-refractivity contribution in [1.82, 2.24) is 10.6 Å². The Morgan fingerprint density at radius 1 is 0.853 bits per heavy atom. The van der Waals surface area contributed by atoms with Crippen molar-refractivity contribution >= 4 is 29.3 Å². The van der Waals surface area contributed by atoms with Crippen LogP contribution in [0.15, 0.2) is 66.7 Å². The van der Waals surface area contributed by atoms with Crippen LogP contribution in [0.3, 0.4) is 0 Å². The molecular formula is C26H23N3O5. The van der Waals surface area contributed by atoms with Crippen LogP contribution >= 0.6 is 0 Å². The molecule has 1 heterocycles. The van der Waals surface area contributed by atoms with Crippen molar-refractivity contribution < 1.29 is 23.9 Å². The first kappa shape index (κ1) is 22.7. The maximum Gasteiger partial charge on any atom is 0.266 e. The number of nitrogens with one attached hydrogen (secondary N) is 2. The van der Waals surface area contributed by atoms with Crippen LogP contribution in [0.25, 0.3) is 0 Å². The molecule has 0 aliphatic carbocycles. The van der Waals surface area contributed by atoms with E-state index in [1.54, 1.807) is 55.6 Å². The van der Waals surface area contributed by atoms with Crippen LogP contribution in [0.4, 0.5) is 5.69 Å². The van der Waals surface area contributed by atoms with E-state index in [4.69, 9.17) is 4.74 Å². The SMILES string of the molecule is CCOc1ccc(N2C(=O)c3ccc(C(=O)NCc4cccc(C(=O)NC)c4)cc3C2=O)cc1. The number of imide groups is 1. The van der Waals surface area contributed by atoms with Crippen LogP contribution in [-0.4, -0.2) is 37.3 Å². The molecule has 0 spiro atoms. The topological polar surface area (TPSA) is 105 Å². The minimum atomic E-state index is -0.489. The van der Waals surface area contributed by atoms with Crippen LogP contribution in [0.5, 0.6) is 5.75 Å². The summed E-state index contributed by atoms with van der Waals surface area (Å²) in [5.41, 5.74) is 2.35. The molecule has 4 amide bonds. The zero-order chi connectivity index (χ0) is 24.2. The van der Waals surface area contributed by atoms with E-state index in [-0.39, 0.29) is 29.1 Å². The maximum absolute atomic E-state index is 13.0.